The van der Waals surface area contributed by atoms with Gasteiger partial charge in [-0.05, 0) is 56.5 Å². The summed E-state index contributed by atoms with van der Waals surface area (Å²) < 4.78 is 7.17. The lowest BCUT2D eigenvalue weighted by atomic mass is 9.91. The monoisotopic (exact) mass is 328 g/mol. The molecule has 0 fully saturated rings. The van der Waals surface area contributed by atoms with Crippen LogP contribution in [0.3, 0.4) is 0 Å². The van der Waals surface area contributed by atoms with Crippen LogP contribution in [0.5, 0.6) is 0 Å². The molecule has 0 spiro atoms. The molecule has 128 valence electrons. The van der Waals surface area contributed by atoms with Gasteiger partial charge in [0.25, 0.3) is 0 Å². The number of nitrogens with zero attached hydrogens (tertiary/aromatic N) is 2. The molecule has 0 aliphatic carbocycles. The number of aromatic nitrogens is 2. The number of carbonyl (C=O) groups excluding carboxylic acids is 1. The van der Waals surface area contributed by atoms with E-state index in [1.54, 1.807) is 4.68 Å². The van der Waals surface area contributed by atoms with E-state index >= 15 is 0 Å². The van der Waals surface area contributed by atoms with Crippen LogP contribution in [0.15, 0.2) is 24.5 Å². The molecule has 0 saturated heterocycles. The minimum atomic E-state index is -0.513. The maximum absolute atomic E-state index is 12.1. The van der Waals surface area contributed by atoms with Gasteiger partial charge in [-0.25, -0.2) is 4.79 Å². The number of carbonyl (C=O) groups is 1. The lowest BCUT2D eigenvalue weighted by molar-refractivity contribution is 0.0635. The van der Waals surface area contributed by atoms with Gasteiger partial charge in [0, 0.05) is 31.0 Å². The van der Waals surface area contributed by atoms with Crippen molar-refractivity contribution in [2.24, 2.45) is 7.05 Å². The van der Waals surface area contributed by atoms with Crippen molar-refractivity contribution in [2.75, 3.05) is 11.9 Å². The molecule has 0 unspecified atom stereocenters. The van der Waals surface area contributed by atoms with Crippen molar-refractivity contribution in [3.05, 3.63) is 35.7 Å². The third-order valence-corrected chi connectivity index (χ3v) is 3.94. The molecule has 1 aromatic heterocycles. The summed E-state index contributed by atoms with van der Waals surface area (Å²) >= 11 is 0. The highest BCUT2D eigenvalue weighted by molar-refractivity contribution is 5.87. The number of hydrogen-bond acceptors (Lipinski definition) is 4. The molecule has 1 amide bonds. The Hall–Kier alpha value is -2.34. The Morgan fingerprint density at radius 3 is 2.79 bits per heavy atom. The van der Waals surface area contributed by atoms with Crippen LogP contribution in [-0.4, -0.2) is 28.0 Å². The predicted octanol–water partition coefficient (Wildman–Crippen LogP) is 3.08. The van der Waals surface area contributed by atoms with Gasteiger partial charge < -0.3 is 10.1 Å². The summed E-state index contributed by atoms with van der Waals surface area (Å²) in [4.78, 5) is 12.1. The highest BCUT2D eigenvalue weighted by Gasteiger charge is 2.21. The van der Waals surface area contributed by atoms with Gasteiger partial charge in [0.1, 0.15) is 5.60 Å². The van der Waals surface area contributed by atoms with Crippen LogP contribution in [0.2, 0.25) is 0 Å². The summed E-state index contributed by atoms with van der Waals surface area (Å²) in [6.45, 7) is 7.25. The third-order valence-electron chi connectivity index (χ3n) is 3.94. The lowest BCUT2D eigenvalue weighted by Gasteiger charge is -2.25. The topological polar surface area (TPSA) is 68.2 Å². The molecule has 0 atom stereocenters. The Bertz CT molecular complexity index is 759. The van der Waals surface area contributed by atoms with Crippen molar-refractivity contribution in [3.8, 4) is 11.1 Å². The molecule has 0 radical (unpaired) electrons. The second-order valence-corrected chi connectivity index (χ2v) is 7.07. The van der Waals surface area contributed by atoms with Crippen molar-refractivity contribution in [1.29, 1.82) is 0 Å². The molecule has 6 nitrogen and oxygen atoms in total. The van der Waals surface area contributed by atoms with Crippen LogP contribution in [0.25, 0.3) is 11.1 Å². The first-order valence-corrected chi connectivity index (χ1v) is 8.18. The summed E-state index contributed by atoms with van der Waals surface area (Å²) in [6.07, 6.45) is 4.32. The zero-order valence-electron chi connectivity index (χ0n) is 14.6. The molecule has 6 heteroatoms. The Kier molecular flexibility index (Phi) is 4.32. The van der Waals surface area contributed by atoms with Gasteiger partial charge in [0.2, 0.25) is 0 Å². The molecule has 1 aliphatic heterocycles. The van der Waals surface area contributed by atoms with Crippen LogP contribution >= 0.6 is 0 Å². The first-order valence-electron chi connectivity index (χ1n) is 8.18. The SMILES string of the molecule is Cn1cc(-c2ccc(NC(=O)OC(C)(C)C)c3c2CNCC3)cn1. The Labute approximate surface area is 142 Å². The molecular weight excluding hydrogens is 304 g/mol. The van der Waals surface area contributed by atoms with Crippen molar-refractivity contribution in [3.63, 3.8) is 0 Å². The van der Waals surface area contributed by atoms with E-state index in [4.69, 9.17) is 4.74 Å². The average molecular weight is 328 g/mol. The highest BCUT2D eigenvalue weighted by Crippen LogP contribution is 2.33. The predicted molar refractivity (Wildman–Crippen MR) is 93.9 cm³/mol. The van der Waals surface area contributed by atoms with E-state index < -0.39 is 11.7 Å². The summed E-state index contributed by atoms with van der Waals surface area (Å²) in [5, 5.41) is 10.6. The second kappa shape index (κ2) is 6.28. The number of ether oxygens (including phenoxy) is 1. The molecule has 24 heavy (non-hydrogen) atoms. The molecular formula is C18H24N4O2. The van der Waals surface area contributed by atoms with Crippen molar-refractivity contribution in [1.82, 2.24) is 15.1 Å². The number of amides is 1. The van der Waals surface area contributed by atoms with E-state index in [0.717, 1.165) is 36.3 Å². The number of benzene rings is 1. The van der Waals surface area contributed by atoms with Gasteiger partial charge in [-0.15, -0.1) is 0 Å². The Morgan fingerprint density at radius 1 is 1.33 bits per heavy atom. The van der Waals surface area contributed by atoms with Crippen LogP contribution in [-0.2, 0) is 24.8 Å². The molecule has 3 rings (SSSR count). The largest absolute Gasteiger partial charge is 0.444 e. The normalized spacial score (nSPS) is 14.2. The third kappa shape index (κ3) is 3.59. The number of rotatable bonds is 2. The maximum atomic E-state index is 12.1. The van der Waals surface area contributed by atoms with Gasteiger partial charge in [-0.1, -0.05) is 6.07 Å². The van der Waals surface area contributed by atoms with E-state index in [2.05, 4.69) is 15.7 Å². The van der Waals surface area contributed by atoms with Gasteiger partial charge >= 0.3 is 6.09 Å². The minimum Gasteiger partial charge on any atom is -0.444 e. The Balaban J connectivity index is 1.93. The molecule has 0 bridgehead atoms. The van der Waals surface area contributed by atoms with Crippen molar-refractivity contribution < 1.29 is 9.53 Å². The number of fused-ring (bicyclic) bond motifs is 1. The number of nitrogens with one attached hydrogen (secondary N) is 2. The summed E-state index contributed by atoms with van der Waals surface area (Å²) in [5.74, 6) is 0. The minimum absolute atomic E-state index is 0.419. The summed E-state index contributed by atoms with van der Waals surface area (Å²) in [6, 6.07) is 3.99. The standard InChI is InChI=1S/C18H24N4O2/c1-18(2,3)24-17(23)21-16-6-5-13(12-9-20-22(4)11-12)15-10-19-8-7-14(15)16/h5-6,9,11,19H,7-8,10H2,1-4H3,(H,21,23). The fourth-order valence-corrected chi connectivity index (χ4v) is 2.97. The fraction of sp³-hybridized carbons (Fsp3) is 0.444. The van der Waals surface area contributed by atoms with E-state index in [-0.39, 0.29) is 0 Å². The molecule has 2 N–H and O–H groups in total. The lowest BCUT2D eigenvalue weighted by Crippen LogP contribution is -2.29. The van der Waals surface area contributed by atoms with Crippen LogP contribution in [0, 0.1) is 0 Å². The highest BCUT2D eigenvalue weighted by atomic mass is 16.6. The summed E-state index contributed by atoms with van der Waals surface area (Å²) in [7, 11) is 1.91. The quantitative estimate of drug-likeness (QED) is 0.889. The first kappa shape index (κ1) is 16.5. The van der Waals surface area contributed by atoms with Crippen LogP contribution < -0.4 is 10.6 Å². The van der Waals surface area contributed by atoms with Gasteiger partial charge in [-0.3, -0.25) is 10.00 Å². The van der Waals surface area contributed by atoms with Gasteiger partial charge in [-0.2, -0.15) is 5.10 Å². The maximum Gasteiger partial charge on any atom is 0.412 e. The van der Waals surface area contributed by atoms with Crippen molar-refractivity contribution in [2.45, 2.75) is 39.3 Å². The first-order chi connectivity index (χ1) is 11.3. The fourth-order valence-electron chi connectivity index (χ4n) is 2.97. The Morgan fingerprint density at radius 2 is 2.12 bits per heavy atom. The molecule has 2 aromatic rings. The van der Waals surface area contributed by atoms with Crippen molar-refractivity contribution >= 4 is 11.8 Å². The van der Waals surface area contributed by atoms with Crippen LogP contribution in [0.4, 0.5) is 10.5 Å². The van der Waals surface area contributed by atoms with E-state index in [0.29, 0.717) is 0 Å². The van der Waals surface area contributed by atoms with Crippen LogP contribution in [0.1, 0.15) is 31.9 Å². The van der Waals surface area contributed by atoms with Gasteiger partial charge in [0.05, 0.1) is 6.20 Å². The number of anilines is 1. The molecule has 0 saturated carbocycles. The average Bonchev–Trinajstić information content (AvgIpc) is 2.92. The second-order valence-electron chi connectivity index (χ2n) is 7.07. The summed E-state index contributed by atoms with van der Waals surface area (Å²) in [5.41, 5.74) is 4.93. The number of hydrogen-bond donors (Lipinski definition) is 2. The van der Waals surface area contributed by atoms with Gasteiger partial charge in [0.15, 0.2) is 0 Å². The van der Waals surface area contributed by atoms with E-state index in [1.807, 2.05) is 52.3 Å². The van der Waals surface area contributed by atoms with E-state index in [1.165, 1.54) is 11.1 Å². The zero-order valence-corrected chi connectivity index (χ0v) is 14.6. The number of aryl methyl sites for hydroxylation is 1. The molecule has 1 aromatic carbocycles. The molecule has 1 aliphatic rings. The smallest absolute Gasteiger partial charge is 0.412 e. The van der Waals surface area contributed by atoms with E-state index in [9.17, 15) is 4.79 Å². The zero-order chi connectivity index (χ0) is 17.3. The molecule has 2 heterocycles.